The number of hydrogen-bond acceptors (Lipinski definition) is 7. The third kappa shape index (κ3) is 8.24. The first-order valence-electron chi connectivity index (χ1n) is 12.9. The van der Waals surface area contributed by atoms with E-state index in [1.165, 1.54) is 4.90 Å². The molecule has 12 heteroatoms. The van der Waals surface area contributed by atoms with Gasteiger partial charge >= 0.3 is 6.09 Å². The number of rotatable bonds is 10. The van der Waals surface area contributed by atoms with E-state index in [4.69, 9.17) is 5.11 Å². The summed E-state index contributed by atoms with van der Waals surface area (Å²) in [6.07, 6.45) is -1.61. The Kier molecular flexibility index (Phi) is 10.0. The van der Waals surface area contributed by atoms with E-state index in [1.54, 1.807) is 37.6 Å². The van der Waals surface area contributed by atoms with Gasteiger partial charge in [-0.05, 0) is 29.9 Å². The SMILES string of the molecule is Cc1ncsc1-c1ccc(CNC(=O)[C@@H]2C[C@@H](O)CN2C(=O)C(NC(=O)CCCNC(=O)O)C(C)(C)C)cc1. The molecular formula is C27H37N5O6S. The minimum atomic E-state index is -1.17. The number of hydrogen-bond donors (Lipinski definition) is 5. The summed E-state index contributed by atoms with van der Waals surface area (Å²) in [5.74, 6) is -1.21. The van der Waals surface area contributed by atoms with Gasteiger partial charge in [0.2, 0.25) is 17.7 Å². The Bertz CT molecular complexity index is 1180. The maximum atomic E-state index is 13.6. The van der Waals surface area contributed by atoms with Gasteiger partial charge in [0.15, 0.2) is 0 Å². The van der Waals surface area contributed by atoms with Crippen molar-refractivity contribution in [3.8, 4) is 10.4 Å². The van der Waals surface area contributed by atoms with Crippen LogP contribution in [0.5, 0.6) is 0 Å². The molecular weight excluding hydrogens is 522 g/mol. The van der Waals surface area contributed by atoms with E-state index in [9.17, 15) is 24.3 Å². The Labute approximate surface area is 232 Å². The summed E-state index contributed by atoms with van der Waals surface area (Å²) < 4.78 is 0. The summed E-state index contributed by atoms with van der Waals surface area (Å²) in [5, 5.41) is 26.8. The highest BCUT2D eigenvalue weighted by atomic mass is 32.1. The van der Waals surface area contributed by atoms with Crippen molar-refractivity contribution in [1.82, 2.24) is 25.8 Å². The number of aryl methyl sites for hydroxylation is 1. The predicted octanol–water partition coefficient (Wildman–Crippen LogP) is 2.28. The van der Waals surface area contributed by atoms with E-state index >= 15 is 0 Å². The molecule has 2 aromatic rings. The predicted molar refractivity (Wildman–Crippen MR) is 147 cm³/mol. The summed E-state index contributed by atoms with van der Waals surface area (Å²) in [6.45, 7) is 7.75. The van der Waals surface area contributed by atoms with Crippen LogP contribution in [0.3, 0.4) is 0 Å². The highest BCUT2D eigenvalue weighted by molar-refractivity contribution is 7.13. The smallest absolute Gasteiger partial charge is 0.404 e. The zero-order valence-electron chi connectivity index (χ0n) is 22.7. The van der Waals surface area contributed by atoms with E-state index < -0.39 is 41.5 Å². The molecule has 1 aromatic heterocycles. The molecule has 0 radical (unpaired) electrons. The molecule has 3 rings (SSSR count). The molecule has 0 aliphatic carbocycles. The van der Waals surface area contributed by atoms with Crippen molar-refractivity contribution >= 4 is 35.2 Å². The van der Waals surface area contributed by atoms with E-state index in [0.29, 0.717) is 0 Å². The van der Waals surface area contributed by atoms with Crippen molar-refractivity contribution in [1.29, 1.82) is 0 Å². The Hall–Kier alpha value is -3.51. The van der Waals surface area contributed by atoms with E-state index in [2.05, 4.69) is 20.9 Å². The molecule has 0 saturated carbocycles. The first-order valence-corrected chi connectivity index (χ1v) is 13.8. The molecule has 212 valence electrons. The zero-order chi connectivity index (χ0) is 28.7. The van der Waals surface area contributed by atoms with Crippen molar-refractivity contribution in [3.05, 3.63) is 41.0 Å². The van der Waals surface area contributed by atoms with Gasteiger partial charge in [0.1, 0.15) is 12.1 Å². The number of benzene rings is 1. The number of aromatic nitrogens is 1. The third-order valence-corrected chi connectivity index (χ3v) is 7.55. The number of amides is 4. The quantitative estimate of drug-likeness (QED) is 0.279. The molecule has 1 fully saturated rings. The van der Waals surface area contributed by atoms with Gasteiger partial charge in [-0.15, -0.1) is 11.3 Å². The Balaban J connectivity index is 1.62. The van der Waals surface area contributed by atoms with Crippen molar-refractivity contribution in [2.24, 2.45) is 5.41 Å². The van der Waals surface area contributed by atoms with Gasteiger partial charge in [-0.25, -0.2) is 9.78 Å². The molecule has 2 heterocycles. The second-order valence-electron chi connectivity index (χ2n) is 10.8. The van der Waals surface area contributed by atoms with E-state index in [-0.39, 0.29) is 44.8 Å². The van der Waals surface area contributed by atoms with Crippen LogP contribution in [0.25, 0.3) is 10.4 Å². The van der Waals surface area contributed by atoms with Gasteiger partial charge < -0.3 is 31.1 Å². The summed E-state index contributed by atoms with van der Waals surface area (Å²) in [7, 11) is 0. The summed E-state index contributed by atoms with van der Waals surface area (Å²) >= 11 is 1.57. The maximum absolute atomic E-state index is 13.6. The zero-order valence-corrected chi connectivity index (χ0v) is 23.5. The van der Waals surface area contributed by atoms with Gasteiger partial charge in [-0.1, -0.05) is 45.0 Å². The minimum Gasteiger partial charge on any atom is -0.465 e. The van der Waals surface area contributed by atoms with Crippen LogP contribution in [0.15, 0.2) is 29.8 Å². The largest absolute Gasteiger partial charge is 0.465 e. The second kappa shape index (κ2) is 13.0. The number of nitrogens with zero attached hydrogens (tertiary/aromatic N) is 2. The van der Waals surface area contributed by atoms with Crippen LogP contribution in [-0.4, -0.2) is 75.2 Å². The highest BCUT2D eigenvalue weighted by Gasteiger charge is 2.44. The van der Waals surface area contributed by atoms with Crippen LogP contribution >= 0.6 is 11.3 Å². The number of aliphatic hydroxyl groups excluding tert-OH is 1. The Morgan fingerprint density at radius 3 is 2.44 bits per heavy atom. The van der Waals surface area contributed by atoms with Crippen LogP contribution in [-0.2, 0) is 20.9 Å². The summed E-state index contributed by atoms with van der Waals surface area (Å²) in [5.41, 5.74) is 4.04. The molecule has 0 bridgehead atoms. The fourth-order valence-corrected chi connectivity index (χ4v) is 5.27. The monoisotopic (exact) mass is 559 g/mol. The second-order valence-corrected chi connectivity index (χ2v) is 11.6. The maximum Gasteiger partial charge on any atom is 0.404 e. The number of aliphatic hydroxyl groups is 1. The van der Waals surface area contributed by atoms with Crippen LogP contribution < -0.4 is 16.0 Å². The number of carbonyl (C=O) groups excluding carboxylic acids is 3. The fraction of sp³-hybridized carbons (Fsp3) is 0.519. The topological polar surface area (TPSA) is 161 Å². The molecule has 39 heavy (non-hydrogen) atoms. The number of thiazole rings is 1. The standard InChI is InChI=1S/C27H37N5O6S/c1-16-22(39-15-30-16)18-9-7-17(8-10-18)13-29-24(35)20-12-19(33)14-32(20)25(36)23(27(2,3)4)31-21(34)6-5-11-28-26(37)38/h7-10,15,19-20,23,28,33H,5-6,11-14H2,1-4H3,(H,29,35)(H,31,34)(H,37,38)/t19-,20+,23?/m1/s1. The van der Waals surface area contributed by atoms with Crippen LogP contribution in [0.4, 0.5) is 4.79 Å². The molecule has 4 amide bonds. The average Bonchev–Trinajstić information content (AvgIpc) is 3.48. The van der Waals surface area contributed by atoms with Gasteiger partial charge in [0, 0.05) is 32.5 Å². The third-order valence-electron chi connectivity index (χ3n) is 6.57. The van der Waals surface area contributed by atoms with Crippen molar-refractivity contribution in [2.45, 2.75) is 71.7 Å². The summed E-state index contributed by atoms with van der Waals surface area (Å²) in [6, 6.07) is 6.02. The molecule has 1 aliphatic heterocycles. The normalized spacial score (nSPS) is 17.9. The van der Waals surface area contributed by atoms with Crippen LogP contribution in [0, 0.1) is 12.3 Å². The number of carboxylic acid groups (broad SMARTS) is 1. The molecule has 1 unspecified atom stereocenters. The lowest BCUT2D eigenvalue weighted by Gasteiger charge is -2.35. The van der Waals surface area contributed by atoms with Gasteiger partial charge in [0.05, 0.1) is 22.2 Å². The average molecular weight is 560 g/mol. The van der Waals surface area contributed by atoms with Gasteiger partial charge in [0.25, 0.3) is 0 Å². The van der Waals surface area contributed by atoms with Gasteiger partial charge in [-0.3, -0.25) is 14.4 Å². The lowest BCUT2D eigenvalue weighted by Crippen LogP contribution is -2.57. The number of β-amino-alcohol motifs (C(OH)–C–C–N with tert-alkyl or cyclic N) is 1. The van der Waals surface area contributed by atoms with Crippen LogP contribution in [0.2, 0.25) is 0 Å². The van der Waals surface area contributed by atoms with Crippen molar-refractivity contribution in [2.75, 3.05) is 13.1 Å². The highest BCUT2D eigenvalue weighted by Crippen LogP contribution is 2.28. The Morgan fingerprint density at radius 2 is 1.85 bits per heavy atom. The molecule has 1 aliphatic rings. The minimum absolute atomic E-state index is 0.00913. The Morgan fingerprint density at radius 1 is 1.15 bits per heavy atom. The number of carbonyl (C=O) groups is 4. The molecule has 11 nitrogen and oxygen atoms in total. The fourth-order valence-electron chi connectivity index (χ4n) is 4.46. The molecule has 0 spiro atoms. The molecule has 1 aromatic carbocycles. The number of nitrogens with one attached hydrogen (secondary N) is 3. The van der Waals surface area contributed by atoms with Crippen molar-refractivity contribution in [3.63, 3.8) is 0 Å². The van der Waals surface area contributed by atoms with Crippen LogP contribution in [0.1, 0.15) is 51.3 Å². The summed E-state index contributed by atoms with van der Waals surface area (Å²) in [4.78, 5) is 56.6. The van der Waals surface area contributed by atoms with Gasteiger partial charge in [-0.2, -0.15) is 0 Å². The number of likely N-dealkylation sites (tertiary alicyclic amines) is 1. The molecule has 5 N–H and O–H groups in total. The van der Waals surface area contributed by atoms with E-state index in [1.807, 2.05) is 31.2 Å². The first kappa shape index (κ1) is 30.0. The first-order chi connectivity index (χ1) is 18.4. The lowest BCUT2D eigenvalue weighted by molar-refractivity contribution is -0.144. The lowest BCUT2D eigenvalue weighted by atomic mass is 9.85. The molecule has 3 atom stereocenters. The molecule has 1 saturated heterocycles. The van der Waals surface area contributed by atoms with E-state index in [0.717, 1.165) is 21.7 Å². The van der Waals surface area contributed by atoms with Crippen molar-refractivity contribution < 1.29 is 29.4 Å².